The van der Waals surface area contributed by atoms with Gasteiger partial charge in [-0.15, -0.1) is 0 Å². The molecular formula is C13H30N2. The van der Waals surface area contributed by atoms with Gasteiger partial charge in [-0.25, -0.2) is 0 Å². The second-order valence-electron chi connectivity index (χ2n) is 6.31. The molecule has 15 heavy (non-hydrogen) atoms. The van der Waals surface area contributed by atoms with Crippen LogP contribution >= 0.6 is 0 Å². The SMILES string of the molecule is CC(C)C[C@@H](C)NCC(C)(C)CN(C)C. The summed E-state index contributed by atoms with van der Waals surface area (Å²) in [5.41, 5.74) is 0.356. The second-order valence-corrected chi connectivity index (χ2v) is 6.31. The van der Waals surface area contributed by atoms with Crippen LogP contribution in [-0.2, 0) is 0 Å². The Morgan fingerprint density at radius 3 is 2.07 bits per heavy atom. The van der Waals surface area contributed by atoms with Crippen molar-refractivity contribution in [1.82, 2.24) is 10.2 Å². The second kappa shape index (κ2) is 6.49. The molecule has 0 unspecified atom stereocenters. The van der Waals surface area contributed by atoms with Crippen LogP contribution in [0, 0.1) is 11.3 Å². The predicted octanol–water partition coefficient (Wildman–Crippen LogP) is 2.60. The molecule has 0 aliphatic heterocycles. The first-order chi connectivity index (χ1) is 6.73. The van der Waals surface area contributed by atoms with E-state index in [-0.39, 0.29) is 0 Å². The van der Waals surface area contributed by atoms with E-state index in [2.05, 4.69) is 58.9 Å². The van der Waals surface area contributed by atoms with Gasteiger partial charge in [0.2, 0.25) is 0 Å². The van der Waals surface area contributed by atoms with Gasteiger partial charge in [0.1, 0.15) is 0 Å². The summed E-state index contributed by atoms with van der Waals surface area (Å²) in [6.07, 6.45) is 1.26. The first kappa shape index (κ1) is 14.9. The maximum Gasteiger partial charge on any atom is 0.00413 e. The summed E-state index contributed by atoms with van der Waals surface area (Å²) in [5.74, 6) is 0.782. The van der Waals surface area contributed by atoms with Crippen molar-refractivity contribution in [3.05, 3.63) is 0 Å². The number of rotatable bonds is 7. The Morgan fingerprint density at radius 2 is 1.67 bits per heavy atom. The molecule has 1 N–H and O–H groups in total. The number of hydrogen-bond donors (Lipinski definition) is 1. The van der Waals surface area contributed by atoms with Crippen LogP contribution in [0.5, 0.6) is 0 Å². The van der Waals surface area contributed by atoms with Crippen molar-refractivity contribution in [3.8, 4) is 0 Å². The fourth-order valence-corrected chi connectivity index (χ4v) is 2.15. The highest BCUT2D eigenvalue weighted by Gasteiger charge is 2.19. The molecular weight excluding hydrogens is 184 g/mol. The summed E-state index contributed by atoms with van der Waals surface area (Å²) < 4.78 is 0. The van der Waals surface area contributed by atoms with E-state index in [4.69, 9.17) is 0 Å². The van der Waals surface area contributed by atoms with Crippen molar-refractivity contribution in [2.24, 2.45) is 11.3 Å². The van der Waals surface area contributed by atoms with Crippen LogP contribution in [0.1, 0.15) is 41.0 Å². The van der Waals surface area contributed by atoms with E-state index in [1.54, 1.807) is 0 Å². The molecule has 0 fully saturated rings. The van der Waals surface area contributed by atoms with Crippen molar-refractivity contribution in [2.45, 2.75) is 47.1 Å². The van der Waals surface area contributed by atoms with Crippen molar-refractivity contribution in [3.63, 3.8) is 0 Å². The van der Waals surface area contributed by atoms with Gasteiger partial charge in [0.25, 0.3) is 0 Å². The van der Waals surface area contributed by atoms with Crippen LogP contribution in [0.3, 0.4) is 0 Å². The van der Waals surface area contributed by atoms with Gasteiger partial charge in [0.05, 0.1) is 0 Å². The highest BCUT2D eigenvalue weighted by atomic mass is 15.1. The molecule has 2 heteroatoms. The van der Waals surface area contributed by atoms with Gasteiger partial charge < -0.3 is 10.2 Å². The third-order valence-electron chi connectivity index (χ3n) is 2.50. The average molecular weight is 214 g/mol. The molecule has 0 bridgehead atoms. The van der Waals surface area contributed by atoms with E-state index in [1.807, 2.05) is 0 Å². The molecule has 0 aliphatic rings. The molecule has 0 amide bonds. The first-order valence-corrected chi connectivity index (χ1v) is 6.11. The Bertz CT molecular complexity index is 162. The monoisotopic (exact) mass is 214 g/mol. The molecule has 0 rings (SSSR count). The Labute approximate surface area is 96.4 Å². The number of hydrogen-bond acceptors (Lipinski definition) is 2. The van der Waals surface area contributed by atoms with Crippen molar-refractivity contribution < 1.29 is 0 Å². The molecule has 92 valence electrons. The van der Waals surface area contributed by atoms with E-state index < -0.39 is 0 Å². The van der Waals surface area contributed by atoms with E-state index in [1.165, 1.54) is 6.42 Å². The number of nitrogens with one attached hydrogen (secondary N) is 1. The van der Waals surface area contributed by atoms with Crippen LogP contribution in [0.4, 0.5) is 0 Å². The smallest absolute Gasteiger partial charge is 0.00413 e. The van der Waals surface area contributed by atoms with Gasteiger partial charge >= 0.3 is 0 Å². The normalized spacial score (nSPS) is 15.0. The van der Waals surface area contributed by atoms with Crippen LogP contribution in [0.2, 0.25) is 0 Å². The zero-order chi connectivity index (χ0) is 12.1. The lowest BCUT2D eigenvalue weighted by atomic mass is 9.92. The molecule has 0 spiro atoms. The van der Waals surface area contributed by atoms with Gasteiger partial charge in [-0.05, 0) is 38.8 Å². The Hall–Kier alpha value is -0.0800. The molecule has 0 saturated carbocycles. The van der Waals surface area contributed by atoms with Gasteiger partial charge in [-0.3, -0.25) is 0 Å². The predicted molar refractivity (Wildman–Crippen MR) is 69.3 cm³/mol. The largest absolute Gasteiger partial charge is 0.314 e. The summed E-state index contributed by atoms with van der Waals surface area (Å²) >= 11 is 0. The molecule has 0 aromatic carbocycles. The zero-order valence-electron chi connectivity index (χ0n) is 11.7. The summed E-state index contributed by atoms with van der Waals surface area (Å²) in [7, 11) is 4.28. The van der Waals surface area contributed by atoms with E-state index in [0.29, 0.717) is 11.5 Å². The lowest BCUT2D eigenvalue weighted by molar-refractivity contribution is 0.223. The van der Waals surface area contributed by atoms with Gasteiger partial charge in [-0.2, -0.15) is 0 Å². The summed E-state index contributed by atoms with van der Waals surface area (Å²) in [6.45, 7) is 13.7. The highest BCUT2D eigenvalue weighted by Crippen LogP contribution is 2.15. The third-order valence-corrected chi connectivity index (χ3v) is 2.50. The summed E-state index contributed by atoms with van der Waals surface area (Å²) in [6, 6.07) is 0.631. The summed E-state index contributed by atoms with van der Waals surface area (Å²) in [5, 5.41) is 3.63. The van der Waals surface area contributed by atoms with Crippen molar-refractivity contribution in [1.29, 1.82) is 0 Å². The van der Waals surface area contributed by atoms with Gasteiger partial charge in [0.15, 0.2) is 0 Å². The quantitative estimate of drug-likeness (QED) is 0.701. The van der Waals surface area contributed by atoms with Gasteiger partial charge in [0, 0.05) is 19.1 Å². The van der Waals surface area contributed by atoms with Crippen LogP contribution in [-0.4, -0.2) is 38.1 Å². The molecule has 0 aliphatic carbocycles. The molecule has 0 heterocycles. The minimum atomic E-state index is 0.356. The van der Waals surface area contributed by atoms with Crippen LogP contribution in [0.15, 0.2) is 0 Å². The maximum absolute atomic E-state index is 3.63. The molecule has 0 aromatic heterocycles. The van der Waals surface area contributed by atoms with Crippen molar-refractivity contribution in [2.75, 3.05) is 27.2 Å². The van der Waals surface area contributed by atoms with Gasteiger partial charge in [-0.1, -0.05) is 27.7 Å². The van der Waals surface area contributed by atoms with E-state index in [9.17, 15) is 0 Å². The number of nitrogens with zero attached hydrogens (tertiary/aromatic N) is 1. The fraction of sp³-hybridized carbons (Fsp3) is 1.00. The zero-order valence-corrected chi connectivity index (χ0v) is 11.7. The molecule has 0 saturated heterocycles. The Morgan fingerprint density at radius 1 is 1.13 bits per heavy atom. The molecule has 2 nitrogen and oxygen atoms in total. The minimum Gasteiger partial charge on any atom is -0.314 e. The maximum atomic E-state index is 3.63. The average Bonchev–Trinajstić information content (AvgIpc) is 1.97. The van der Waals surface area contributed by atoms with Crippen molar-refractivity contribution >= 4 is 0 Å². The molecule has 0 aromatic rings. The Kier molecular flexibility index (Phi) is 6.46. The minimum absolute atomic E-state index is 0.356. The van der Waals surface area contributed by atoms with E-state index >= 15 is 0 Å². The highest BCUT2D eigenvalue weighted by molar-refractivity contribution is 4.76. The molecule has 0 radical (unpaired) electrons. The topological polar surface area (TPSA) is 15.3 Å². The first-order valence-electron chi connectivity index (χ1n) is 6.11. The molecule has 1 atom stereocenters. The fourth-order valence-electron chi connectivity index (χ4n) is 2.15. The standard InChI is InChI=1S/C13H30N2/c1-11(2)8-12(3)14-9-13(4,5)10-15(6)7/h11-12,14H,8-10H2,1-7H3/t12-/m1/s1. The lowest BCUT2D eigenvalue weighted by Crippen LogP contribution is -2.41. The lowest BCUT2D eigenvalue weighted by Gasteiger charge is -2.30. The third kappa shape index (κ3) is 8.88. The Balaban J connectivity index is 3.82. The summed E-state index contributed by atoms with van der Waals surface area (Å²) in [4.78, 5) is 2.26. The van der Waals surface area contributed by atoms with Crippen LogP contribution in [0.25, 0.3) is 0 Å². The van der Waals surface area contributed by atoms with Crippen LogP contribution < -0.4 is 5.32 Å². The van der Waals surface area contributed by atoms with E-state index in [0.717, 1.165) is 19.0 Å².